The quantitative estimate of drug-likeness (QED) is 0.645. The Hall–Kier alpha value is -2.46. The number of benzene rings is 2. The van der Waals surface area contributed by atoms with E-state index in [1.165, 1.54) is 0 Å². The molecule has 2 aromatic rings. The molecule has 22 heavy (non-hydrogen) atoms. The van der Waals surface area contributed by atoms with Gasteiger partial charge in [0.1, 0.15) is 6.10 Å². The van der Waals surface area contributed by atoms with Gasteiger partial charge < -0.3 is 9.47 Å². The van der Waals surface area contributed by atoms with E-state index >= 15 is 0 Å². The molecule has 2 atom stereocenters. The summed E-state index contributed by atoms with van der Waals surface area (Å²) in [6.45, 7) is 1.91. The van der Waals surface area contributed by atoms with Gasteiger partial charge >= 0.3 is 5.97 Å². The summed E-state index contributed by atoms with van der Waals surface area (Å²) >= 11 is 0. The van der Waals surface area contributed by atoms with Crippen molar-refractivity contribution >= 4 is 11.8 Å². The van der Waals surface area contributed by atoms with E-state index in [0.717, 1.165) is 11.1 Å². The van der Waals surface area contributed by atoms with E-state index in [1.54, 1.807) is 19.1 Å². The molecule has 0 amide bonds. The molecule has 4 nitrogen and oxygen atoms in total. The molecule has 3 rings (SSSR count). The van der Waals surface area contributed by atoms with Crippen molar-refractivity contribution in [3.05, 3.63) is 71.3 Å². The van der Waals surface area contributed by atoms with Crippen LogP contribution in [0.15, 0.2) is 54.6 Å². The van der Waals surface area contributed by atoms with Crippen molar-refractivity contribution in [2.75, 3.05) is 6.61 Å². The second kappa shape index (κ2) is 6.12. The molecule has 112 valence electrons. The van der Waals surface area contributed by atoms with Crippen LogP contribution in [-0.4, -0.2) is 24.5 Å². The molecule has 0 N–H and O–H groups in total. The third-order valence-electron chi connectivity index (χ3n) is 3.62. The average molecular weight is 296 g/mol. The lowest BCUT2D eigenvalue weighted by Gasteiger charge is -2.30. The van der Waals surface area contributed by atoms with Crippen LogP contribution in [0.4, 0.5) is 0 Å². The molecular formula is C18H16O4. The van der Waals surface area contributed by atoms with Gasteiger partial charge in [-0.3, -0.25) is 4.79 Å². The van der Waals surface area contributed by atoms with E-state index in [-0.39, 0.29) is 12.4 Å². The Kier molecular flexibility index (Phi) is 4.02. The molecule has 1 aliphatic rings. The fraction of sp³-hybridized carbons (Fsp3) is 0.222. The monoisotopic (exact) mass is 296 g/mol. The number of ether oxygens (including phenoxy) is 2. The Bertz CT molecular complexity index is 693. The molecule has 2 aromatic carbocycles. The van der Waals surface area contributed by atoms with Crippen molar-refractivity contribution in [2.45, 2.75) is 19.1 Å². The summed E-state index contributed by atoms with van der Waals surface area (Å²) in [6.07, 6.45) is -1.66. The Labute approximate surface area is 128 Å². The minimum Gasteiger partial charge on any atom is -0.464 e. The van der Waals surface area contributed by atoms with Crippen LogP contribution >= 0.6 is 0 Å². The number of fused-ring (bicyclic) bond motifs is 1. The van der Waals surface area contributed by atoms with E-state index in [2.05, 4.69) is 0 Å². The normalized spacial score (nSPS) is 20.3. The maximum Gasteiger partial charge on any atom is 0.343 e. The molecule has 1 aliphatic heterocycles. The van der Waals surface area contributed by atoms with Gasteiger partial charge in [-0.1, -0.05) is 54.6 Å². The summed E-state index contributed by atoms with van der Waals surface area (Å²) in [5.41, 5.74) is 2.19. The zero-order valence-corrected chi connectivity index (χ0v) is 12.2. The van der Waals surface area contributed by atoms with Crippen molar-refractivity contribution in [2.24, 2.45) is 0 Å². The highest BCUT2D eigenvalue weighted by molar-refractivity contribution is 6.12. The Morgan fingerprint density at radius 1 is 1.09 bits per heavy atom. The van der Waals surface area contributed by atoms with Crippen molar-refractivity contribution in [1.82, 2.24) is 0 Å². The minimum atomic E-state index is -1.21. The second-order valence-corrected chi connectivity index (χ2v) is 5.01. The number of rotatable bonds is 3. The highest BCUT2D eigenvalue weighted by atomic mass is 16.6. The summed E-state index contributed by atoms with van der Waals surface area (Å²) in [4.78, 5) is 24.5. The number of hydrogen-bond acceptors (Lipinski definition) is 4. The number of Topliss-reactive ketones (excluding diaryl/α,β-unsaturated/α-hetero) is 1. The van der Waals surface area contributed by atoms with E-state index < -0.39 is 18.2 Å². The summed E-state index contributed by atoms with van der Waals surface area (Å²) in [6, 6.07) is 16.8. The summed E-state index contributed by atoms with van der Waals surface area (Å²) in [7, 11) is 0. The fourth-order valence-electron chi connectivity index (χ4n) is 2.63. The van der Waals surface area contributed by atoms with Crippen LogP contribution in [0.25, 0.3) is 0 Å². The number of carbonyl (C=O) groups excluding carboxylic acids is 2. The third-order valence-corrected chi connectivity index (χ3v) is 3.62. The highest BCUT2D eigenvalue weighted by Crippen LogP contribution is 2.35. The Balaban J connectivity index is 2.05. The van der Waals surface area contributed by atoms with Crippen LogP contribution in [0.2, 0.25) is 0 Å². The maximum atomic E-state index is 12.5. The number of carbonyl (C=O) groups is 2. The SMILES string of the molecule is CCOC(=O)C1O[C@@H](c2ccccc2)c2ccccc2C1=O. The molecule has 0 aromatic heterocycles. The predicted octanol–water partition coefficient (Wildman–Crippen LogP) is 2.92. The van der Waals surface area contributed by atoms with Crippen LogP contribution in [0.5, 0.6) is 0 Å². The van der Waals surface area contributed by atoms with Gasteiger partial charge in [-0.05, 0) is 18.1 Å². The van der Waals surface area contributed by atoms with Gasteiger partial charge in [-0.2, -0.15) is 0 Å². The van der Waals surface area contributed by atoms with Crippen LogP contribution in [-0.2, 0) is 14.3 Å². The predicted molar refractivity (Wildman–Crippen MR) is 80.6 cm³/mol. The highest BCUT2D eigenvalue weighted by Gasteiger charge is 2.40. The smallest absolute Gasteiger partial charge is 0.343 e. The molecule has 0 radical (unpaired) electrons. The first-order chi connectivity index (χ1) is 10.7. The van der Waals surface area contributed by atoms with Crippen molar-refractivity contribution in [3.8, 4) is 0 Å². The number of hydrogen-bond donors (Lipinski definition) is 0. The van der Waals surface area contributed by atoms with Gasteiger partial charge in [0.25, 0.3) is 0 Å². The van der Waals surface area contributed by atoms with Crippen LogP contribution < -0.4 is 0 Å². The third kappa shape index (κ3) is 2.53. The zero-order valence-electron chi connectivity index (χ0n) is 12.2. The summed E-state index contributed by atoms with van der Waals surface area (Å²) in [5, 5.41) is 0. The van der Waals surface area contributed by atoms with E-state index in [0.29, 0.717) is 5.56 Å². The van der Waals surface area contributed by atoms with Gasteiger partial charge in [-0.15, -0.1) is 0 Å². The first-order valence-corrected chi connectivity index (χ1v) is 7.22. The van der Waals surface area contributed by atoms with Gasteiger partial charge in [0, 0.05) is 5.56 Å². The van der Waals surface area contributed by atoms with Crippen LogP contribution in [0, 0.1) is 0 Å². The van der Waals surface area contributed by atoms with E-state index in [1.807, 2.05) is 42.5 Å². The van der Waals surface area contributed by atoms with Crippen molar-refractivity contribution in [1.29, 1.82) is 0 Å². The zero-order chi connectivity index (χ0) is 15.5. The lowest BCUT2D eigenvalue weighted by Crippen LogP contribution is -2.40. The maximum absolute atomic E-state index is 12.5. The molecule has 0 saturated carbocycles. The largest absolute Gasteiger partial charge is 0.464 e. The molecule has 1 unspecified atom stereocenters. The lowest BCUT2D eigenvalue weighted by molar-refractivity contribution is -0.156. The Morgan fingerprint density at radius 2 is 1.77 bits per heavy atom. The van der Waals surface area contributed by atoms with Crippen LogP contribution in [0.3, 0.4) is 0 Å². The lowest BCUT2D eigenvalue weighted by atomic mass is 9.90. The molecule has 0 fully saturated rings. The van der Waals surface area contributed by atoms with Gasteiger partial charge in [0.05, 0.1) is 6.61 Å². The number of ketones is 1. The molecule has 0 saturated heterocycles. The summed E-state index contributed by atoms with van der Waals surface area (Å²) < 4.78 is 10.8. The molecule has 4 heteroatoms. The molecule has 0 bridgehead atoms. The van der Waals surface area contributed by atoms with Crippen molar-refractivity contribution in [3.63, 3.8) is 0 Å². The standard InChI is InChI=1S/C18H16O4/c1-2-21-18(20)17-15(19)13-10-6-7-11-14(13)16(22-17)12-8-4-3-5-9-12/h3-11,16-17H,2H2,1H3/t16-,17?/m0/s1. The summed E-state index contributed by atoms with van der Waals surface area (Å²) in [5.74, 6) is -0.982. The Morgan fingerprint density at radius 3 is 2.50 bits per heavy atom. The second-order valence-electron chi connectivity index (χ2n) is 5.01. The molecule has 0 spiro atoms. The average Bonchev–Trinajstić information content (AvgIpc) is 2.56. The van der Waals surface area contributed by atoms with Crippen molar-refractivity contribution < 1.29 is 19.1 Å². The molecule has 1 heterocycles. The van der Waals surface area contributed by atoms with E-state index in [4.69, 9.17) is 9.47 Å². The minimum absolute atomic E-state index is 0.212. The topological polar surface area (TPSA) is 52.6 Å². The first kappa shape index (κ1) is 14.5. The van der Waals surface area contributed by atoms with Gasteiger partial charge in [0.2, 0.25) is 11.9 Å². The van der Waals surface area contributed by atoms with Gasteiger partial charge in [-0.25, -0.2) is 4.79 Å². The fourth-order valence-corrected chi connectivity index (χ4v) is 2.63. The first-order valence-electron chi connectivity index (χ1n) is 7.22. The van der Waals surface area contributed by atoms with Gasteiger partial charge in [0.15, 0.2) is 0 Å². The number of esters is 1. The van der Waals surface area contributed by atoms with E-state index in [9.17, 15) is 9.59 Å². The molecule has 0 aliphatic carbocycles. The van der Waals surface area contributed by atoms with Crippen LogP contribution in [0.1, 0.15) is 34.5 Å². The molecular weight excluding hydrogens is 280 g/mol.